The lowest BCUT2D eigenvalue weighted by atomic mass is 10.2. The maximum Gasteiger partial charge on any atom is 0.416 e. The molecule has 0 aliphatic rings. The molecule has 11 heteroatoms. The fourth-order valence-corrected chi connectivity index (χ4v) is 3.44. The van der Waals surface area contributed by atoms with E-state index in [-0.39, 0.29) is 17.1 Å². The minimum absolute atomic E-state index is 0.0554. The van der Waals surface area contributed by atoms with E-state index in [0.29, 0.717) is 17.9 Å². The molecule has 0 atom stereocenters. The van der Waals surface area contributed by atoms with Crippen molar-refractivity contribution in [2.45, 2.75) is 18.0 Å². The molecule has 0 saturated heterocycles. The Bertz CT molecular complexity index is 991. The zero-order chi connectivity index (χ0) is 22.5. The van der Waals surface area contributed by atoms with Gasteiger partial charge in [-0.2, -0.15) is 13.2 Å². The number of amides is 1. The SMILES string of the molecule is CCNc1ccc(S(=O)(=O)N(C)C)cc1NCC(=O)Nc1ccc(C(F)(F)F)cc1. The Labute approximate surface area is 173 Å². The third kappa shape index (κ3) is 5.86. The Morgan fingerprint density at radius 3 is 2.17 bits per heavy atom. The molecule has 1 amide bonds. The first kappa shape index (κ1) is 23.5. The van der Waals surface area contributed by atoms with Crippen LogP contribution >= 0.6 is 0 Å². The summed E-state index contributed by atoms with van der Waals surface area (Å²) >= 11 is 0. The van der Waals surface area contributed by atoms with Crippen LogP contribution in [0.1, 0.15) is 12.5 Å². The highest BCUT2D eigenvalue weighted by Gasteiger charge is 2.30. The molecular weight excluding hydrogens is 421 g/mol. The summed E-state index contributed by atoms with van der Waals surface area (Å²) in [6.45, 7) is 2.22. The molecule has 7 nitrogen and oxygen atoms in total. The van der Waals surface area contributed by atoms with Crippen LogP contribution in [0.15, 0.2) is 47.4 Å². The maximum absolute atomic E-state index is 12.6. The smallest absolute Gasteiger partial charge is 0.384 e. The molecule has 30 heavy (non-hydrogen) atoms. The van der Waals surface area contributed by atoms with E-state index in [4.69, 9.17) is 0 Å². The first-order valence-corrected chi connectivity index (χ1v) is 10.4. The first-order chi connectivity index (χ1) is 13.9. The molecule has 0 heterocycles. The standard InChI is InChI=1S/C19H23F3N4O3S/c1-4-23-16-10-9-15(30(28,29)26(2)3)11-17(16)24-12-18(27)25-14-7-5-13(6-8-14)19(20,21)22/h5-11,23-24H,4,12H2,1-3H3,(H,25,27). The second kappa shape index (κ2) is 9.35. The lowest BCUT2D eigenvalue weighted by Gasteiger charge is -2.17. The number of benzene rings is 2. The van der Waals surface area contributed by atoms with E-state index in [0.717, 1.165) is 28.6 Å². The van der Waals surface area contributed by atoms with Crippen molar-refractivity contribution in [2.75, 3.05) is 43.1 Å². The zero-order valence-electron chi connectivity index (χ0n) is 16.7. The minimum Gasteiger partial charge on any atom is -0.384 e. The quantitative estimate of drug-likeness (QED) is 0.580. The highest BCUT2D eigenvalue weighted by Crippen LogP contribution is 2.30. The highest BCUT2D eigenvalue weighted by molar-refractivity contribution is 7.89. The number of alkyl halides is 3. The fraction of sp³-hybridized carbons (Fsp3) is 0.316. The molecular formula is C19H23F3N4O3S. The van der Waals surface area contributed by atoms with Gasteiger partial charge in [0.25, 0.3) is 0 Å². The van der Waals surface area contributed by atoms with Crippen LogP contribution in [0.25, 0.3) is 0 Å². The molecule has 2 rings (SSSR count). The van der Waals surface area contributed by atoms with Crippen LogP contribution in [0.5, 0.6) is 0 Å². The molecule has 0 aliphatic carbocycles. The molecule has 3 N–H and O–H groups in total. The summed E-state index contributed by atoms with van der Waals surface area (Å²) in [5.41, 5.74) is 0.415. The number of nitrogens with one attached hydrogen (secondary N) is 3. The number of anilines is 3. The Hall–Kier alpha value is -2.79. The predicted molar refractivity (Wildman–Crippen MR) is 110 cm³/mol. The van der Waals surface area contributed by atoms with Gasteiger partial charge in [0.1, 0.15) is 0 Å². The van der Waals surface area contributed by atoms with Crippen LogP contribution in [-0.2, 0) is 21.0 Å². The first-order valence-electron chi connectivity index (χ1n) is 8.96. The van der Waals surface area contributed by atoms with Crippen molar-refractivity contribution in [2.24, 2.45) is 0 Å². The maximum atomic E-state index is 12.6. The largest absolute Gasteiger partial charge is 0.416 e. The van der Waals surface area contributed by atoms with Crippen molar-refractivity contribution < 1.29 is 26.4 Å². The summed E-state index contributed by atoms with van der Waals surface area (Å²) in [6.07, 6.45) is -4.45. The minimum atomic E-state index is -4.45. The van der Waals surface area contributed by atoms with Gasteiger partial charge < -0.3 is 16.0 Å². The average Bonchev–Trinajstić information content (AvgIpc) is 2.67. The van der Waals surface area contributed by atoms with Gasteiger partial charge in [-0.25, -0.2) is 12.7 Å². The number of hydrogen-bond donors (Lipinski definition) is 3. The molecule has 0 radical (unpaired) electrons. The van der Waals surface area contributed by atoms with Gasteiger partial charge in [0, 0.05) is 26.3 Å². The van der Waals surface area contributed by atoms with Gasteiger partial charge in [-0.1, -0.05) is 0 Å². The van der Waals surface area contributed by atoms with Gasteiger partial charge >= 0.3 is 6.18 Å². The Morgan fingerprint density at radius 2 is 1.63 bits per heavy atom. The van der Waals surface area contributed by atoms with Crippen molar-refractivity contribution in [1.29, 1.82) is 0 Å². The van der Waals surface area contributed by atoms with Gasteiger partial charge in [0.05, 0.1) is 28.4 Å². The number of hydrogen-bond acceptors (Lipinski definition) is 5. The Kier molecular flexibility index (Phi) is 7.32. The van der Waals surface area contributed by atoms with Gasteiger partial charge in [0.2, 0.25) is 15.9 Å². The normalized spacial score (nSPS) is 12.0. The summed E-state index contributed by atoms with van der Waals surface area (Å²) in [6, 6.07) is 8.55. The third-order valence-corrected chi connectivity index (χ3v) is 5.88. The molecule has 0 bridgehead atoms. The predicted octanol–water partition coefficient (Wildman–Crippen LogP) is 3.44. The second-order valence-corrected chi connectivity index (χ2v) is 8.65. The lowest BCUT2D eigenvalue weighted by molar-refractivity contribution is -0.137. The number of halogens is 3. The monoisotopic (exact) mass is 444 g/mol. The van der Waals surface area contributed by atoms with Crippen LogP contribution in [0.4, 0.5) is 30.2 Å². The molecule has 0 unspecified atom stereocenters. The topological polar surface area (TPSA) is 90.5 Å². The average molecular weight is 444 g/mol. The summed E-state index contributed by atoms with van der Waals surface area (Å²) in [7, 11) is -0.832. The number of rotatable bonds is 8. The van der Waals surface area contributed by atoms with Gasteiger partial charge in [-0.05, 0) is 49.4 Å². The van der Waals surface area contributed by atoms with E-state index >= 15 is 0 Å². The van der Waals surface area contributed by atoms with E-state index in [9.17, 15) is 26.4 Å². The van der Waals surface area contributed by atoms with Crippen LogP contribution in [-0.4, -0.2) is 45.8 Å². The van der Waals surface area contributed by atoms with E-state index in [2.05, 4.69) is 16.0 Å². The summed E-state index contributed by atoms with van der Waals surface area (Å²) in [4.78, 5) is 12.2. The number of carbonyl (C=O) groups is 1. The summed E-state index contributed by atoms with van der Waals surface area (Å²) in [5.74, 6) is -0.502. The van der Waals surface area contributed by atoms with Crippen LogP contribution < -0.4 is 16.0 Å². The van der Waals surface area contributed by atoms with Crippen LogP contribution in [0.2, 0.25) is 0 Å². The van der Waals surface area contributed by atoms with Crippen molar-refractivity contribution in [3.05, 3.63) is 48.0 Å². The lowest BCUT2D eigenvalue weighted by Crippen LogP contribution is -2.24. The van der Waals surface area contributed by atoms with Crippen LogP contribution in [0.3, 0.4) is 0 Å². The van der Waals surface area contributed by atoms with Crippen molar-refractivity contribution in [1.82, 2.24) is 4.31 Å². The molecule has 0 fully saturated rings. The van der Waals surface area contributed by atoms with Gasteiger partial charge in [-0.3, -0.25) is 4.79 Å². The van der Waals surface area contributed by atoms with E-state index in [1.54, 1.807) is 6.07 Å². The van der Waals surface area contributed by atoms with E-state index < -0.39 is 27.7 Å². The van der Waals surface area contributed by atoms with Gasteiger partial charge in [-0.15, -0.1) is 0 Å². The Balaban J connectivity index is 2.12. The molecule has 0 aromatic heterocycles. The number of carbonyl (C=O) groups excluding carboxylic acids is 1. The van der Waals surface area contributed by atoms with Gasteiger partial charge in [0.15, 0.2) is 0 Å². The molecule has 2 aromatic rings. The molecule has 0 saturated carbocycles. The fourth-order valence-electron chi connectivity index (χ4n) is 2.51. The third-order valence-electron chi connectivity index (χ3n) is 4.07. The highest BCUT2D eigenvalue weighted by atomic mass is 32.2. The number of sulfonamides is 1. The second-order valence-electron chi connectivity index (χ2n) is 6.50. The molecule has 0 spiro atoms. The van der Waals surface area contributed by atoms with Crippen molar-refractivity contribution >= 4 is 33.0 Å². The van der Waals surface area contributed by atoms with Crippen molar-refractivity contribution in [3.8, 4) is 0 Å². The zero-order valence-corrected chi connectivity index (χ0v) is 17.5. The van der Waals surface area contributed by atoms with E-state index in [1.807, 2.05) is 6.92 Å². The summed E-state index contributed by atoms with van der Waals surface area (Å²) < 4.78 is 63.6. The molecule has 0 aliphatic heterocycles. The molecule has 164 valence electrons. The Morgan fingerprint density at radius 1 is 1.00 bits per heavy atom. The molecule has 2 aromatic carbocycles. The van der Waals surface area contributed by atoms with E-state index in [1.165, 1.54) is 26.2 Å². The number of nitrogens with zero attached hydrogens (tertiary/aromatic N) is 1. The van der Waals surface area contributed by atoms with Crippen LogP contribution in [0, 0.1) is 0 Å². The summed E-state index contributed by atoms with van der Waals surface area (Å²) in [5, 5.41) is 8.43. The van der Waals surface area contributed by atoms with Crippen molar-refractivity contribution in [3.63, 3.8) is 0 Å².